The number of benzene rings is 1. The van der Waals surface area contributed by atoms with E-state index in [9.17, 15) is 4.39 Å². The van der Waals surface area contributed by atoms with E-state index in [-0.39, 0.29) is 5.56 Å². The van der Waals surface area contributed by atoms with Gasteiger partial charge in [-0.05, 0) is 42.8 Å². The fourth-order valence-electron chi connectivity index (χ4n) is 2.11. The Bertz CT molecular complexity index is 610. The van der Waals surface area contributed by atoms with E-state index >= 15 is 0 Å². The molecule has 0 atom stereocenters. The summed E-state index contributed by atoms with van der Waals surface area (Å²) in [6.45, 7) is 4.58. The van der Waals surface area contributed by atoms with E-state index in [2.05, 4.69) is 22.9 Å². The first kappa shape index (κ1) is 14.3. The molecule has 0 radical (unpaired) electrons. The number of nitrogens with zero attached hydrogens (tertiary/aromatic N) is 2. The van der Waals surface area contributed by atoms with Crippen molar-refractivity contribution in [1.29, 1.82) is 5.26 Å². The minimum Gasteiger partial charge on any atom is -0.346 e. The van der Waals surface area contributed by atoms with Gasteiger partial charge in [-0.1, -0.05) is 13.0 Å². The molecule has 3 nitrogen and oxygen atoms in total. The average molecular weight is 271 g/mol. The third-order valence-electron chi connectivity index (χ3n) is 3.16. The molecule has 0 saturated carbocycles. The monoisotopic (exact) mass is 271 g/mol. The van der Waals surface area contributed by atoms with Crippen LogP contribution >= 0.6 is 0 Å². The summed E-state index contributed by atoms with van der Waals surface area (Å²) in [6, 6.07) is 10.6. The van der Waals surface area contributed by atoms with Gasteiger partial charge in [-0.15, -0.1) is 0 Å². The standard InChI is InChI=1S/C16H18FN3/c1-2-7-19-11-15-4-3-8-20(15)12-13-5-6-16(17)14(9-13)10-18/h3-6,8-9,19H,2,7,11-12H2,1H3. The molecular formula is C16H18FN3. The van der Waals surface area contributed by atoms with Gasteiger partial charge in [0.25, 0.3) is 0 Å². The molecule has 1 aromatic carbocycles. The number of hydrogen-bond acceptors (Lipinski definition) is 2. The Morgan fingerprint density at radius 2 is 2.20 bits per heavy atom. The van der Waals surface area contributed by atoms with E-state index in [4.69, 9.17) is 5.26 Å². The van der Waals surface area contributed by atoms with Gasteiger partial charge < -0.3 is 9.88 Å². The van der Waals surface area contributed by atoms with Crippen LogP contribution in [0.4, 0.5) is 4.39 Å². The Morgan fingerprint density at radius 3 is 2.95 bits per heavy atom. The molecule has 0 bridgehead atoms. The number of hydrogen-bond donors (Lipinski definition) is 1. The molecule has 1 aromatic heterocycles. The highest BCUT2D eigenvalue weighted by atomic mass is 19.1. The zero-order valence-electron chi connectivity index (χ0n) is 11.6. The largest absolute Gasteiger partial charge is 0.346 e. The first-order chi connectivity index (χ1) is 9.74. The van der Waals surface area contributed by atoms with Gasteiger partial charge in [0, 0.05) is 25.0 Å². The molecule has 1 N–H and O–H groups in total. The second kappa shape index (κ2) is 6.88. The zero-order chi connectivity index (χ0) is 14.4. The lowest BCUT2D eigenvalue weighted by molar-refractivity contribution is 0.618. The van der Waals surface area contributed by atoms with Crippen LogP contribution in [0, 0.1) is 17.1 Å². The van der Waals surface area contributed by atoms with Crippen molar-refractivity contribution in [3.05, 3.63) is 59.2 Å². The summed E-state index contributed by atoms with van der Waals surface area (Å²) >= 11 is 0. The lowest BCUT2D eigenvalue weighted by Crippen LogP contribution is -2.17. The van der Waals surface area contributed by atoms with Crippen LogP contribution in [-0.2, 0) is 13.1 Å². The molecule has 0 saturated heterocycles. The highest BCUT2D eigenvalue weighted by Gasteiger charge is 2.05. The molecular weight excluding hydrogens is 253 g/mol. The number of halogens is 1. The highest BCUT2D eigenvalue weighted by molar-refractivity contribution is 5.34. The minimum atomic E-state index is -0.464. The topological polar surface area (TPSA) is 40.8 Å². The number of rotatable bonds is 6. The molecule has 0 fully saturated rings. The van der Waals surface area contributed by atoms with Crippen LogP contribution in [0.5, 0.6) is 0 Å². The highest BCUT2D eigenvalue weighted by Crippen LogP contribution is 2.12. The van der Waals surface area contributed by atoms with Gasteiger partial charge in [0.1, 0.15) is 11.9 Å². The van der Waals surface area contributed by atoms with Gasteiger partial charge in [0.2, 0.25) is 0 Å². The number of nitriles is 1. The minimum absolute atomic E-state index is 0.0975. The van der Waals surface area contributed by atoms with E-state index in [1.165, 1.54) is 11.8 Å². The average Bonchev–Trinajstić information content (AvgIpc) is 2.88. The second-order valence-corrected chi connectivity index (χ2v) is 4.73. The normalized spacial score (nSPS) is 10.4. The molecule has 0 amide bonds. The van der Waals surface area contributed by atoms with Crippen LogP contribution in [0.25, 0.3) is 0 Å². The van der Waals surface area contributed by atoms with Crippen molar-refractivity contribution in [3.63, 3.8) is 0 Å². The lowest BCUT2D eigenvalue weighted by atomic mass is 10.1. The van der Waals surface area contributed by atoms with Crippen LogP contribution in [0.3, 0.4) is 0 Å². The maximum atomic E-state index is 13.3. The van der Waals surface area contributed by atoms with E-state index in [1.54, 1.807) is 12.1 Å². The molecule has 4 heteroatoms. The zero-order valence-corrected chi connectivity index (χ0v) is 11.6. The van der Waals surface area contributed by atoms with Crippen LogP contribution in [0.2, 0.25) is 0 Å². The summed E-state index contributed by atoms with van der Waals surface area (Å²) < 4.78 is 15.4. The summed E-state index contributed by atoms with van der Waals surface area (Å²) in [7, 11) is 0. The third-order valence-corrected chi connectivity index (χ3v) is 3.16. The first-order valence-corrected chi connectivity index (χ1v) is 6.78. The fourth-order valence-corrected chi connectivity index (χ4v) is 2.11. The first-order valence-electron chi connectivity index (χ1n) is 6.78. The maximum Gasteiger partial charge on any atom is 0.140 e. The summed E-state index contributed by atoms with van der Waals surface area (Å²) in [5, 5.41) is 12.2. The molecule has 0 aliphatic carbocycles. The third kappa shape index (κ3) is 3.46. The summed E-state index contributed by atoms with van der Waals surface area (Å²) in [5.74, 6) is -0.464. The quantitative estimate of drug-likeness (QED) is 0.820. The Labute approximate surface area is 118 Å². The van der Waals surface area contributed by atoms with Crippen molar-refractivity contribution in [2.75, 3.05) is 6.54 Å². The van der Waals surface area contributed by atoms with Gasteiger partial charge in [0.15, 0.2) is 0 Å². The van der Waals surface area contributed by atoms with Gasteiger partial charge in [-0.3, -0.25) is 0 Å². The van der Waals surface area contributed by atoms with Gasteiger partial charge in [-0.2, -0.15) is 5.26 Å². The molecule has 0 aliphatic rings. The summed E-state index contributed by atoms with van der Waals surface area (Å²) in [4.78, 5) is 0. The van der Waals surface area contributed by atoms with Gasteiger partial charge in [-0.25, -0.2) is 4.39 Å². The molecule has 0 spiro atoms. The lowest BCUT2D eigenvalue weighted by Gasteiger charge is -2.10. The molecule has 0 unspecified atom stereocenters. The SMILES string of the molecule is CCCNCc1cccn1Cc1ccc(F)c(C#N)c1. The number of nitrogens with one attached hydrogen (secondary N) is 1. The van der Waals surface area contributed by atoms with Gasteiger partial charge in [0.05, 0.1) is 5.56 Å². The van der Waals surface area contributed by atoms with Crippen molar-refractivity contribution < 1.29 is 4.39 Å². The Balaban J connectivity index is 2.10. The molecule has 20 heavy (non-hydrogen) atoms. The van der Waals surface area contributed by atoms with Crippen LogP contribution < -0.4 is 5.32 Å². The van der Waals surface area contributed by atoms with E-state index in [0.29, 0.717) is 6.54 Å². The number of aromatic nitrogens is 1. The predicted molar refractivity (Wildman–Crippen MR) is 76.6 cm³/mol. The van der Waals surface area contributed by atoms with Crippen molar-refractivity contribution in [3.8, 4) is 6.07 Å². The molecule has 0 aliphatic heterocycles. The van der Waals surface area contributed by atoms with Crippen molar-refractivity contribution in [2.45, 2.75) is 26.4 Å². The van der Waals surface area contributed by atoms with Crippen LogP contribution in [0.1, 0.15) is 30.2 Å². The Morgan fingerprint density at radius 1 is 1.35 bits per heavy atom. The summed E-state index contributed by atoms with van der Waals surface area (Å²) in [6.07, 6.45) is 3.10. The molecule has 1 heterocycles. The maximum absolute atomic E-state index is 13.3. The molecule has 2 rings (SSSR count). The van der Waals surface area contributed by atoms with E-state index in [1.807, 2.05) is 18.3 Å². The molecule has 2 aromatic rings. The predicted octanol–water partition coefficient (Wildman–Crippen LogP) is 3.05. The summed E-state index contributed by atoms with van der Waals surface area (Å²) in [5.41, 5.74) is 2.21. The van der Waals surface area contributed by atoms with Crippen molar-refractivity contribution >= 4 is 0 Å². The van der Waals surface area contributed by atoms with Crippen LogP contribution in [-0.4, -0.2) is 11.1 Å². The van der Waals surface area contributed by atoms with Crippen molar-refractivity contribution in [2.24, 2.45) is 0 Å². The second-order valence-electron chi connectivity index (χ2n) is 4.73. The van der Waals surface area contributed by atoms with Crippen LogP contribution in [0.15, 0.2) is 36.5 Å². The smallest absolute Gasteiger partial charge is 0.140 e. The Kier molecular flexibility index (Phi) is 4.91. The van der Waals surface area contributed by atoms with E-state index in [0.717, 1.165) is 25.1 Å². The van der Waals surface area contributed by atoms with Gasteiger partial charge >= 0.3 is 0 Å². The fraction of sp³-hybridized carbons (Fsp3) is 0.312. The van der Waals surface area contributed by atoms with E-state index < -0.39 is 5.82 Å². The van der Waals surface area contributed by atoms with Crippen molar-refractivity contribution in [1.82, 2.24) is 9.88 Å². The Hall–Kier alpha value is -2.12. The molecule has 104 valence electrons.